The number of likely N-dealkylation sites (N-methyl/N-ethyl adjacent to an activating group) is 1. The number of benzene rings is 1. The van der Waals surface area contributed by atoms with Crippen LogP contribution >= 0.6 is 0 Å². The molecule has 3 atom stereocenters. The minimum Gasteiger partial charge on any atom is -0.338 e. The van der Waals surface area contributed by atoms with E-state index >= 15 is 4.39 Å². The third-order valence-electron chi connectivity index (χ3n) is 11.6. The van der Waals surface area contributed by atoms with Crippen molar-refractivity contribution in [2.24, 2.45) is 11.8 Å². The fourth-order valence-electron chi connectivity index (χ4n) is 7.91. The first kappa shape index (κ1) is 38.1. The SMILES string of the molecule is CC1CCC([C@@H](C(=O)Nc2ccc([C@H](C)[C@@H](NC(=O)c3ccnn3C3CCC3)C(=O)N3CCN(C)CC3)cc2F)N(C=O)c2ccnn2C(C)C)CC1. The molecule has 3 heterocycles. The van der Waals surface area contributed by atoms with Gasteiger partial charge in [0.15, 0.2) is 0 Å². The number of hydrogen-bond acceptors (Lipinski definition) is 7. The number of aromatic nitrogens is 4. The van der Waals surface area contributed by atoms with Gasteiger partial charge in [0.25, 0.3) is 5.91 Å². The number of rotatable bonds is 13. The van der Waals surface area contributed by atoms with Gasteiger partial charge in [-0.1, -0.05) is 32.8 Å². The lowest BCUT2D eigenvalue weighted by molar-refractivity contribution is -0.135. The zero-order valence-corrected chi connectivity index (χ0v) is 31.6. The molecule has 0 unspecified atom stereocenters. The van der Waals surface area contributed by atoms with Crippen LogP contribution in [0.4, 0.5) is 15.9 Å². The summed E-state index contributed by atoms with van der Waals surface area (Å²) in [5.74, 6) is -1.49. The fourth-order valence-corrected chi connectivity index (χ4v) is 7.91. The largest absolute Gasteiger partial charge is 0.338 e. The molecule has 1 aliphatic heterocycles. The summed E-state index contributed by atoms with van der Waals surface area (Å²) < 4.78 is 19.5. The number of halogens is 1. The molecule has 1 saturated heterocycles. The molecule has 2 aliphatic carbocycles. The van der Waals surface area contributed by atoms with Crippen molar-refractivity contribution in [1.82, 2.24) is 34.7 Å². The van der Waals surface area contributed by atoms with Gasteiger partial charge in [0.2, 0.25) is 18.2 Å². The van der Waals surface area contributed by atoms with E-state index in [9.17, 15) is 19.2 Å². The molecule has 0 spiro atoms. The van der Waals surface area contributed by atoms with Crippen molar-refractivity contribution in [1.29, 1.82) is 0 Å². The van der Waals surface area contributed by atoms with Gasteiger partial charge in [0, 0.05) is 50.4 Å². The standard InChI is InChI=1S/C39H54FN9O4/c1-25(2)48-34(16-18-41-48)47(24-50)36(28-11-9-26(3)10-12-28)38(52)43-32-14-13-29(23-31(32)40)27(4)35(39(53)46-21-19-45(5)20-22-46)44-37(51)33-15-17-42-49(33)30-7-6-8-30/h13-18,23-28,30,35-36H,6-12,19-22H2,1-5H3,(H,43,52)(H,44,51)/t26?,27-,28?,35+,36-/m0/s1. The van der Waals surface area contributed by atoms with Crippen molar-refractivity contribution in [2.75, 3.05) is 43.4 Å². The number of piperazine rings is 1. The number of anilines is 2. The minimum absolute atomic E-state index is 0.0290. The number of carbonyl (C=O) groups is 4. The third-order valence-corrected chi connectivity index (χ3v) is 11.6. The van der Waals surface area contributed by atoms with Gasteiger partial charge in [-0.15, -0.1) is 0 Å². The summed E-state index contributed by atoms with van der Waals surface area (Å²) in [6.45, 7) is 10.3. The van der Waals surface area contributed by atoms with Crippen LogP contribution in [0.15, 0.2) is 42.7 Å². The second-order valence-electron chi connectivity index (χ2n) is 15.5. The normalized spacial score (nSPS) is 21.4. The van der Waals surface area contributed by atoms with Crippen molar-refractivity contribution in [3.63, 3.8) is 0 Å². The maximum atomic E-state index is 16.1. The zero-order chi connectivity index (χ0) is 37.8. The molecule has 4 amide bonds. The Morgan fingerprint density at radius 3 is 2.26 bits per heavy atom. The van der Waals surface area contributed by atoms with Crippen LogP contribution in [0.1, 0.15) is 107 Å². The van der Waals surface area contributed by atoms with Crippen molar-refractivity contribution < 1.29 is 23.6 Å². The molecule has 286 valence electrons. The zero-order valence-electron chi connectivity index (χ0n) is 31.6. The second kappa shape index (κ2) is 16.6. The van der Waals surface area contributed by atoms with E-state index in [4.69, 9.17) is 0 Å². The summed E-state index contributed by atoms with van der Waals surface area (Å²) in [4.78, 5) is 60.0. The predicted octanol–water partition coefficient (Wildman–Crippen LogP) is 5.00. The molecule has 53 heavy (non-hydrogen) atoms. The number of hydrogen-bond donors (Lipinski definition) is 2. The maximum Gasteiger partial charge on any atom is 0.270 e. The fraction of sp³-hybridized carbons (Fsp3) is 0.590. The van der Waals surface area contributed by atoms with Gasteiger partial charge in [-0.2, -0.15) is 10.2 Å². The van der Waals surface area contributed by atoms with Gasteiger partial charge in [0.1, 0.15) is 29.4 Å². The average Bonchev–Trinajstić information content (AvgIpc) is 3.81. The molecule has 2 saturated carbocycles. The van der Waals surface area contributed by atoms with Gasteiger partial charge in [-0.05, 0) is 88.6 Å². The first-order valence-electron chi connectivity index (χ1n) is 19.2. The third kappa shape index (κ3) is 8.32. The molecule has 3 aliphatic rings. The van der Waals surface area contributed by atoms with Crippen molar-refractivity contribution in [2.45, 2.75) is 103 Å². The molecule has 3 fully saturated rings. The highest BCUT2D eigenvalue weighted by atomic mass is 19.1. The summed E-state index contributed by atoms with van der Waals surface area (Å²) in [6.07, 6.45) is 10.2. The topological polar surface area (TPSA) is 138 Å². The van der Waals surface area contributed by atoms with E-state index in [1.54, 1.807) is 51.8 Å². The average molecular weight is 732 g/mol. The van der Waals surface area contributed by atoms with Gasteiger partial charge >= 0.3 is 0 Å². The molecule has 2 N–H and O–H groups in total. The Kier molecular flexibility index (Phi) is 12.0. The Bertz CT molecular complexity index is 1750. The first-order chi connectivity index (χ1) is 25.5. The minimum atomic E-state index is -0.972. The van der Waals surface area contributed by atoms with Gasteiger partial charge < -0.3 is 20.4 Å². The molecule has 6 rings (SSSR count). The molecule has 0 bridgehead atoms. The van der Waals surface area contributed by atoms with Crippen LogP contribution in [0.25, 0.3) is 0 Å². The Labute approximate surface area is 311 Å². The summed E-state index contributed by atoms with van der Waals surface area (Å²) in [5, 5.41) is 14.6. The first-order valence-corrected chi connectivity index (χ1v) is 19.2. The molecule has 2 aromatic heterocycles. The molecule has 3 aromatic rings. The van der Waals surface area contributed by atoms with E-state index in [1.165, 1.54) is 17.0 Å². The predicted molar refractivity (Wildman–Crippen MR) is 200 cm³/mol. The quantitative estimate of drug-likeness (QED) is 0.236. The lowest BCUT2D eigenvalue weighted by atomic mass is 9.78. The second-order valence-corrected chi connectivity index (χ2v) is 15.5. The van der Waals surface area contributed by atoms with Crippen molar-refractivity contribution >= 4 is 35.6 Å². The Morgan fingerprint density at radius 1 is 0.943 bits per heavy atom. The van der Waals surface area contributed by atoms with E-state index < -0.39 is 35.6 Å². The smallest absolute Gasteiger partial charge is 0.270 e. The lowest BCUT2D eigenvalue weighted by Gasteiger charge is -2.37. The van der Waals surface area contributed by atoms with Crippen LogP contribution < -0.4 is 15.5 Å². The number of nitrogens with one attached hydrogen (secondary N) is 2. The number of carbonyl (C=O) groups excluding carboxylic acids is 4. The van der Waals surface area contributed by atoms with Crippen molar-refractivity contribution in [3.05, 3.63) is 59.8 Å². The van der Waals surface area contributed by atoms with Gasteiger partial charge in [0.05, 0.1) is 17.9 Å². The summed E-state index contributed by atoms with van der Waals surface area (Å²) in [6, 6.07) is 6.14. The van der Waals surface area contributed by atoms with E-state index in [0.717, 1.165) is 44.9 Å². The van der Waals surface area contributed by atoms with E-state index in [2.05, 4.69) is 32.7 Å². The molecule has 0 radical (unpaired) electrons. The van der Waals surface area contributed by atoms with E-state index in [1.807, 2.05) is 20.9 Å². The highest BCUT2D eigenvalue weighted by Crippen LogP contribution is 2.36. The molecular formula is C39H54FN9O4. The van der Waals surface area contributed by atoms with Crippen LogP contribution in [0, 0.1) is 17.7 Å². The Hall–Kier alpha value is -4.59. The van der Waals surface area contributed by atoms with Crippen LogP contribution in [-0.2, 0) is 14.4 Å². The van der Waals surface area contributed by atoms with Crippen LogP contribution in [0.3, 0.4) is 0 Å². The molecule has 13 nitrogen and oxygen atoms in total. The number of nitrogens with zero attached hydrogens (tertiary/aromatic N) is 7. The summed E-state index contributed by atoms with van der Waals surface area (Å²) in [5.41, 5.74) is 0.859. The van der Waals surface area contributed by atoms with Gasteiger partial charge in [-0.3, -0.25) is 28.8 Å². The molecule has 14 heteroatoms. The Balaban J connectivity index is 1.24. The van der Waals surface area contributed by atoms with Crippen LogP contribution in [0.2, 0.25) is 0 Å². The summed E-state index contributed by atoms with van der Waals surface area (Å²) in [7, 11) is 2.00. The Morgan fingerprint density at radius 2 is 1.64 bits per heavy atom. The van der Waals surface area contributed by atoms with Crippen molar-refractivity contribution in [3.8, 4) is 0 Å². The van der Waals surface area contributed by atoms with Crippen LogP contribution in [0.5, 0.6) is 0 Å². The number of amides is 4. The highest BCUT2D eigenvalue weighted by molar-refractivity contribution is 6.00. The monoisotopic (exact) mass is 731 g/mol. The van der Waals surface area contributed by atoms with E-state index in [0.29, 0.717) is 55.6 Å². The lowest BCUT2D eigenvalue weighted by Crippen LogP contribution is -2.56. The maximum absolute atomic E-state index is 16.1. The molecular weight excluding hydrogens is 677 g/mol. The highest BCUT2D eigenvalue weighted by Gasteiger charge is 2.39. The summed E-state index contributed by atoms with van der Waals surface area (Å²) >= 11 is 0. The van der Waals surface area contributed by atoms with Crippen LogP contribution in [-0.4, -0.2) is 98.8 Å². The van der Waals surface area contributed by atoms with E-state index in [-0.39, 0.29) is 29.6 Å². The van der Waals surface area contributed by atoms with Gasteiger partial charge in [-0.25, -0.2) is 9.07 Å². The molecule has 1 aromatic carbocycles.